The molecule has 1 heterocycles. The summed E-state index contributed by atoms with van der Waals surface area (Å²) in [7, 11) is -2.74. The third-order valence-electron chi connectivity index (χ3n) is 8.55. The Balaban J connectivity index is 1.57. The first-order valence-corrected chi connectivity index (χ1v) is 17.4. The van der Waals surface area contributed by atoms with Crippen molar-refractivity contribution in [3.63, 3.8) is 0 Å². The molecule has 0 spiro atoms. The number of nitrogens with zero attached hydrogens (tertiary/aromatic N) is 1. The maximum atomic E-state index is 8.00. The normalized spacial score (nSPS) is 16.7. The molecule has 0 bridgehead atoms. The number of rotatable bonds is 9. The minimum Gasteiger partial charge on any atom is -0.389 e. The first-order chi connectivity index (χ1) is 20.7. The molecule has 5 aromatic rings. The van der Waals surface area contributed by atoms with Gasteiger partial charge in [0.1, 0.15) is 6.54 Å². The SMILES string of the molecule is C[Si](OC(c1ccccc1)(c1ccccc1)C1CCC[N+]1=C/C=C/c1ccccc1)(c1ccccc1)c1ccccc1. The van der Waals surface area contributed by atoms with Gasteiger partial charge in [-0.3, -0.25) is 0 Å². The quantitative estimate of drug-likeness (QED) is 0.135. The molecule has 0 N–H and O–H groups in total. The average molecular weight is 565 g/mol. The molecule has 2 nitrogen and oxygen atoms in total. The van der Waals surface area contributed by atoms with E-state index < -0.39 is 13.9 Å². The highest BCUT2D eigenvalue weighted by atomic mass is 28.4. The van der Waals surface area contributed by atoms with Crippen molar-refractivity contribution in [3.8, 4) is 0 Å². The second kappa shape index (κ2) is 12.7. The molecule has 0 aliphatic carbocycles. The predicted octanol–water partition coefficient (Wildman–Crippen LogP) is 7.30. The molecule has 208 valence electrons. The maximum Gasteiger partial charge on any atom is 0.254 e. The van der Waals surface area contributed by atoms with Crippen molar-refractivity contribution >= 4 is 31.0 Å². The molecule has 1 aliphatic heterocycles. The highest BCUT2D eigenvalue weighted by Crippen LogP contribution is 2.44. The van der Waals surface area contributed by atoms with E-state index in [2.05, 4.69) is 181 Å². The Morgan fingerprint density at radius 2 is 1.10 bits per heavy atom. The molecule has 0 radical (unpaired) electrons. The van der Waals surface area contributed by atoms with Gasteiger partial charge in [0, 0.05) is 18.9 Å². The molecule has 1 atom stereocenters. The zero-order chi connectivity index (χ0) is 28.7. The lowest BCUT2D eigenvalue weighted by atomic mass is 9.79. The van der Waals surface area contributed by atoms with E-state index in [1.54, 1.807) is 0 Å². The Morgan fingerprint density at radius 1 is 0.643 bits per heavy atom. The van der Waals surface area contributed by atoms with Gasteiger partial charge in [-0.2, -0.15) is 0 Å². The van der Waals surface area contributed by atoms with Crippen molar-refractivity contribution in [2.24, 2.45) is 0 Å². The van der Waals surface area contributed by atoms with Crippen LogP contribution in [-0.4, -0.2) is 31.7 Å². The third kappa shape index (κ3) is 5.58. The molecule has 1 unspecified atom stereocenters. The molecule has 0 saturated carbocycles. The standard InChI is InChI=1S/C39H38NOSi/c1-42(36-26-13-5-14-27-36,37-28-15-6-16-29-37)41-39(34-22-9-3-10-23-34,35-24-11-4-12-25-35)38-30-18-32-40(38)31-17-21-33-19-7-2-8-20-33/h2-17,19-29,31,38H,18,30,32H2,1H3/q+1/b21-17+,40-31?. The van der Waals surface area contributed by atoms with Crippen molar-refractivity contribution in [2.45, 2.75) is 31.0 Å². The molecule has 0 aromatic heterocycles. The molecular weight excluding hydrogens is 527 g/mol. The van der Waals surface area contributed by atoms with Crippen LogP contribution >= 0.6 is 0 Å². The van der Waals surface area contributed by atoms with Crippen molar-refractivity contribution in [1.82, 2.24) is 0 Å². The van der Waals surface area contributed by atoms with Crippen molar-refractivity contribution in [2.75, 3.05) is 6.54 Å². The summed E-state index contributed by atoms with van der Waals surface area (Å²) in [5.41, 5.74) is 2.90. The van der Waals surface area contributed by atoms with E-state index >= 15 is 0 Å². The van der Waals surface area contributed by atoms with Gasteiger partial charge in [0.25, 0.3) is 8.32 Å². The Hall–Kier alpha value is -4.31. The molecule has 1 aliphatic rings. The van der Waals surface area contributed by atoms with E-state index in [0.717, 1.165) is 19.4 Å². The molecule has 1 fully saturated rings. The first-order valence-electron chi connectivity index (χ1n) is 14.9. The molecule has 5 aromatic carbocycles. The van der Waals surface area contributed by atoms with Gasteiger partial charge in [0.2, 0.25) is 0 Å². The average Bonchev–Trinajstić information content (AvgIpc) is 3.54. The van der Waals surface area contributed by atoms with Crippen LogP contribution in [0.1, 0.15) is 29.5 Å². The summed E-state index contributed by atoms with van der Waals surface area (Å²) in [6.07, 6.45) is 8.81. The summed E-state index contributed by atoms with van der Waals surface area (Å²) in [6, 6.07) is 54.2. The van der Waals surface area contributed by atoms with E-state index in [1.807, 2.05) is 0 Å². The van der Waals surface area contributed by atoms with Gasteiger partial charge in [0.15, 0.2) is 17.9 Å². The summed E-state index contributed by atoms with van der Waals surface area (Å²) < 4.78 is 10.5. The fourth-order valence-corrected chi connectivity index (χ4v) is 9.70. The maximum absolute atomic E-state index is 8.00. The van der Waals surface area contributed by atoms with Gasteiger partial charge in [-0.1, -0.05) is 152 Å². The molecule has 0 amide bonds. The third-order valence-corrected chi connectivity index (χ3v) is 12.1. The van der Waals surface area contributed by atoms with Gasteiger partial charge in [-0.15, -0.1) is 0 Å². The van der Waals surface area contributed by atoms with Crippen LogP contribution in [0.5, 0.6) is 0 Å². The van der Waals surface area contributed by atoms with E-state index in [9.17, 15) is 0 Å². The summed E-state index contributed by atoms with van der Waals surface area (Å²) in [5, 5.41) is 2.54. The summed E-state index contributed by atoms with van der Waals surface area (Å²) >= 11 is 0. The molecule has 3 heteroatoms. The lowest BCUT2D eigenvalue weighted by Crippen LogP contribution is -2.64. The highest BCUT2D eigenvalue weighted by molar-refractivity contribution is 6.96. The molecular formula is C39H38NOSi+. The Kier molecular flexibility index (Phi) is 8.41. The fraction of sp³-hybridized carbons (Fsp3) is 0.154. The van der Waals surface area contributed by atoms with Crippen LogP contribution in [0.25, 0.3) is 6.08 Å². The molecule has 6 rings (SSSR count). The van der Waals surface area contributed by atoms with Crippen LogP contribution in [0.3, 0.4) is 0 Å². The monoisotopic (exact) mass is 564 g/mol. The number of hydrogen-bond acceptors (Lipinski definition) is 1. The summed E-state index contributed by atoms with van der Waals surface area (Å²) in [6.45, 7) is 3.36. The Bertz CT molecular complexity index is 1540. The zero-order valence-electron chi connectivity index (χ0n) is 24.2. The van der Waals surface area contributed by atoms with Crippen LogP contribution in [0.2, 0.25) is 6.55 Å². The summed E-state index contributed by atoms with van der Waals surface area (Å²) in [5.74, 6) is 0. The van der Waals surface area contributed by atoms with Gasteiger partial charge >= 0.3 is 0 Å². The lowest BCUT2D eigenvalue weighted by molar-refractivity contribution is -0.557. The zero-order valence-corrected chi connectivity index (χ0v) is 25.2. The first kappa shape index (κ1) is 27.8. The number of hydrogen-bond donors (Lipinski definition) is 0. The molecule has 42 heavy (non-hydrogen) atoms. The second-order valence-electron chi connectivity index (χ2n) is 11.1. The lowest BCUT2D eigenvalue weighted by Gasteiger charge is -2.44. The van der Waals surface area contributed by atoms with Crippen molar-refractivity contribution < 1.29 is 9.00 Å². The minimum atomic E-state index is -2.74. The van der Waals surface area contributed by atoms with E-state index in [4.69, 9.17) is 4.43 Å². The van der Waals surface area contributed by atoms with Crippen LogP contribution < -0.4 is 10.4 Å². The van der Waals surface area contributed by atoms with E-state index in [0.29, 0.717) is 0 Å². The smallest absolute Gasteiger partial charge is 0.254 e. The second-order valence-corrected chi connectivity index (χ2v) is 14.6. The van der Waals surface area contributed by atoms with Gasteiger partial charge in [-0.05, 0) is 39.7 Å². The Labute approximate surface area is 251 Å². The van der Waals surface area contributed by atoms with Crippen molar-refractivity contribution in [1.29, 1.82) is 0 Å². The van der Waals surface area contributed by atoms with Crippen molar-refractivity contribution in [3.05, 3.63) is 174 Å². The number of benzene rings is 5. The fourth-order valence-electron chi connectivity index (χ4n) is 6.46. The van der Waals surface area contributed by atoms with Gasteiger partial charge in [0.05, 0.1) is 0 Å². The number of allylic oxidation sites excluding steroid dienone is 1. The van der Waals surface area contributed by atoms with Gasteiger partial charge in [-0.25, -0.2) is 4.58 Å². The highest BCUT2D eigenvalue weighted by Gasteiger charge is 2.55. The predicted molar refractivity (Wildman–Crippen MR) is 178 cm³/mol. The van der Waals surface area contributed by atoms with Gasteiger partial charge < -0.3 is 4.43 Å². The minimum absolute atomic E-state index is 0.113. The van der Waals surface area contributed by atoms with Crippen LogP contribution in [0.15, 0.2) is 158 Å². The van der Waals surface area contributed by atoms with E-state index in [-0.39, 0.29) is 6.04 Å². The van der Waals surface area contributed by atoms with Crippen LogP contribution in [0, 0.1) is 0 Å². The van der Waals surface area contributed by atoms with Crippen LogP contribution in [-0.2, 0) is 10.0 Å². The molecule has 1 saturated heterocycles. The van der Waals surface area contributed by atoms with E-state index in [1.165, 1.54) is 27.1 Å². The summed E-state index contributed by atoms with van der Waals surface area (Å²) in [4.78, 5) is 0. The van der Waals surface area contributed by atoms with Crippen LogP contribution in [0.4, 0.5) is 0 Å². The Morgan fingerprint density at radius 3 is 1.60 bits per heavy atom. The topological polar surface area (TPSA) is 12.2 Å². The largest absolute Gasteiger partial charge is 0.389 e.